The highest BCUT2D eigenvalue weighted by Crippen LogP contribution is 2.39. The van der Waals surface area contributed by atoms with Gasteiger partial charge in [0.15, 0.2) is 0 Å². The van der Waals surface area contributed by atoms with Crippen LogP contribution >= 0.6 is 0 Å². The molecule has 0 heterocycles. The summed E-state index contributed by atoms with van der Waals surface area (Å²) in [6.45, 7) is 0. The molecule has 0 unspecified atom stereocenters. The molecule has 2 aliphatic carbocycles. The lowest BCUT2D eigenvalue weighted by atomic mass is 10.2. The maximum absolute atomic E-state index is 11.6. The van der Waals surface area contributed by atoms with Crippen molar-refractivity contribution in [2.45, 2.75) is 36.8 Å². The second-order valence-corrected chi connectivity index (χ2v) is 4.18. The lowest BCUT2D eigenvalue weighted by Gasteiger charge is -2.17. The number of carbonyl (C=O) groups excluding carboxylic acids is 2. The fourth-order valence-electron chi connectivity index (χ4n) is 1.40. The third-order valence-electron chi connectivity index (χ3n) is 2.92. The predicted octanol–water partition coefficient (Wildman–Crippen LogP) is -0.700. The van der Waals surface area contributed by atoms with Crippen LogP contribution in [0.5, 0.6) is 0 Å². The standard InChI is InChI=1S/C9H14N2O3/c1-14-7(13)9(4-5-9)11-6(12)8(10)2-3-8/h2-5,10H2,1H3,(H,11,12). The minimum Gasteiger partial charge on any atom is -0.467 e. The van der Waals surface area contributed by atoms with E-state index in [4.69, 9.17) is 5.73 Å². The molecule has 2 saturated carbocycles. The monoisotopic (exact) mass is 198 g/mol. The van der Waals surface area contributed by atoms with Crippen LogP contribution in [0.2, 0.25) is 0 Å². The van der Waals surface area contributed by atoms with Gasteiger partial charge in [0.2, 0.25) is 5.91 Å². The third-order valence-corrected chi connectivity index (χ3v) is 2.92. The van der Waals surface area contributed by atoms with Crippen LogP contribution in [0, 0.1) is 0 Å². The Labute approximate surface area is 82.0 Å². The quantitative estimate of drug-likeness (QED) is 0.587. The number of hydrogen-bond donors (Lipinski definition) is 2. The van der Waals surface area contributed by atoms with Gasteiger partial charge in [-0.2, -0.15) is 0 Å². The minimum atomic E-state index is -0.763. The van der Waals surface area contributed by atoms with Gasteiger partial charge in [0.25, 0.3) is 0 Å². The summed E-state index contributed by atoms with van der Waals surface area (Å²) in [5, 5.41) is 2.68. The molecule has 5 nitrogen and oxygen atoms in total. The van der Waals surface area contributed by atoms with Gasteiger partial charge in [0.05, 0.1) is 12.6 Å². The normalized spacial score (nSPS) is 25.0. The second kappa shape index (κ2) is 2.70. The number of rotatable bonds is 3. The lowest BCUT2D eigenvalue weighted by molar-refractivity contribution is -0.146. The molecule has 78 valence electrons. The summed E-state index contributed by atoms with van der Waals surface area (Å²) in [7, 11) is 1.32. The van der Waals surface area contributed by atoms with Crippen LogP contribution in [0.1, 0.15) is 25.7 Å². The van der Waals surface area contributed by atoms with E-state index in [1.807, 2.05) is 0 Å². The molecule has 0 radical (unpaired) electrons. The molecule has 2 rings (SSSR count). The number of methoxy groups -OCH3 is 1. The van der Waals surface area contributed by atoms with E-state index < -0.39 is 11.1 Å². The van der Waals surface area contributed by atoms with Crippen LogP contribution in [0.15, 0.2) is 0 Å². The maximum Gasteiger partial charge on any atom is 0.331 e. The molecule has 2 aliphatic rings. The smallest absolute Gasteiger partial charge is 0.331 e. The van der Waals surface area contributed by atoms with Crippen molar-refractivity contribution >= 4 is 11.9 Å². The molecule has 1 amide bonds. The second-order valence-electron chi connectivity index (χ2n) is 4.18. The van der Waals surface area contributed by atoms with E-state index in [1.165, 1.54) is 7.11 Å². The topological polar surface area (TPSA) is 81.4 Å². The van der Waals surface area contributed by atoms with Crippen LogP contribution in [-0.2, 0) is 14.3 Å². The molecule has 14 heavy (non-hydrogen) atoms. The summed E-state index contributed by atoms with van der Waals surface area (Å²) in [5.41, 5.74) is 4.22. The van der Waals surface area contributed by atoms with Gasteiger partial charge < -0.3 is 15.8 Å². The molecule has 0 saturated heterocycles. The number of carbonyl (C=O) groups is 2. The largest absolute Gasteiger partial charge is 0.467 e. The molecular formula is C9H14N2O3. The fraction of sp³-hybridized carbons (Fsp3) is 0.778. The Morgan fingerprint density at radius 2 is 1.86 bits per heavy atom. The van der Waals surface area contributed by atoms with Crippen LogP contribution in [0.3, 0.4) is 0 Å². The average molecular weight is 198 g/mol. The van der Waals surface area contributed by atoms with E-state index in [1.54, 1.807) is 0 Å². The molecule has 0 atom stereocenters. The van der Waals surface area contributed by atoms with Crippen molar-refractivity contribution < 1.29 is 14.3 Å². The zero-order valence-corrected chi connectivity index (χ0v) is 8.13. The third kappa shape index (κ3) is 1.37. The first-order chi connectivity index (χ1) is 6.52. The van der Waals surface area contributed by atoms with Gasteiger partial charge in [-0.1, -0.05) is 0 Å². The van der Waals surface area contributed by atoms with E-state index >= 15 is 0 Å². The Balaban J connectivity index is 1.97. The summed E-state index contributed by atoms with van der Waals surface area (Å²) < 4.78 is 4.62. The molecular weight excluding hydrogens is 184 g/mol. The van der Waals surface area contributed by atoms with Crippen molar-refractivity contribution in [1.29, 1.82) is 0 Å². The molecule has 3 N–H and O–H groups in total. The molecule has 0 aliphatic heterocycles. The number of hydrogen-bond acceptors (Lipinski definition) is 4. The molecule has 0 spiro atoms. The van der Waals surface area contributed by atoms with E-state index in [2.05, 4.69) is 10.1 Å². The van der Waals surface area contributed by atoms with Gasteiger partial charge in [0, 0.05) is 0 Å². The van der Waals surface area contributed by atoms with Crippen LogP contribution in [-0.4, -0.2) is 30.1 Å². The summed E-state index contributed by atoms with van der Waals surface area (Å²) in [6, 6.07) is 0. The van der Waals surface area contributed by atoms with E-state index in [-0.39, 0.29) is 11.9 Å². The Hall–Kier alpha value is -1.10. The Morgan fingerprint density at radius 1 is 1.29 bits per heavy atom. The summed E-state index contributed by atoms with van der Waals surface area (Å²) >= 11 is 0. The van der Waals surface area contributed by atoms with Crippen molar-refractivity contribution in [2.75, 3.05) is 7.11 Å². The first kappa shape index (κ1) is 9.45. The molecule has 0 bridgehead atoms. The predicted molar refractivity (Wildman–Crippen MR) is 48.3 cm³/mol. The molecule has 2 fully saturated rings. The van der Waals surface area contributed by atoms with Crippen molar-refractivity contribution in [3.8, 4) is 0 Å². The van der Waals surface area contributed by atoms with Crippen molar-refractivity contribution in [3.63, 3.8) is 0 Å². The maximum atomic E-state index is 11.6. The first-order valence-electron chi connectivity index (χ1n) is 4.72. The number of nitrogens with two attached hydrogens (primary N) is 1. The number of esters is 1. The number of amides is 1. The highest BCUT2D eigenvalue weighted by atomic mass is 16.5. The molecule has 0 aromatic rings. The SMILES string of the molecule is COC(=O)C1(NC(=O)C2(N)CC2)CC1. The van der Waals surface area contributed by atoms with Gasteiger partial charge >= 0.3 is 5.97 Å². The van der Waals surface area contributed by atoms with Crippen LogP contribution < -0.4 is 11.1 Å². The zero-order chi connectivity index (χ0) is 10.4. The fourth-order valence-corrected chi connectivity index (χ4v) is 1.40. The molecule has 0 aromatic carbocycles. The Kier molecular flexibility index (Phi) is 1.82. The molecule has 0 aromatic heterocycles. The lowest BCUT2D eigenvalue weighted by Crippen LogP contribution is -2.51. The van der Waals surface area contributed by atoms with E-state index in [9.17, 15) is 9.59 Å². The van der Waals surface area contributed by atoms with Gasteiger partial charge in [-0.3, -0.25) is 4.79 Å². The Bertz CT molecular complexity index is 292. The zero-order valence-electron chi connectivity index (χ0n) is 8.13. The van der Waals surface area contributed by atoms with E-state index in [0.29, 0.717) is 25.7 Å². The number of ether oxygens (including phenoxy) is 1. The highest BCUT2D eigenvalue weighted by molar-refractivity contribution is 5.95. The van der Waals surface area contributed by atoms with Gasteiger partial charge in [-0.25, -0.2) is 4.79 Å². The average Bonchev–Trinajstić information content (AvgIpc) is 3.03. The van der Waals surface area contributed by atoms with Crippen molar-refractivity contribution in [3.05, 3.63) is 0 Å². The van der Waals surface area contributed by atoms with Crippen molar-refractivity contribution in [2.24, 2.45) is 5.73 Å². The van der Waals surface area contributed by atoms with Gasteiger partial charge in [0.1, 0.15) is 5.54 Å². The van der Waals surface area contributed by atoms with Gasteiger partial charge in [-0.05, 0) is 25.7 Å². The van der Waals surface area contributed by atoms with Crippen LogP contribution in [0.25, 0.3) is 0 Å². The summed E-state index contributed by atoms with van der Waals surface area (Å²) in [5.74, 6) is -0.587. The van der Waals surface area contributed by atoms with Gasteiger partial charge in [-0.15, -0.1) is 0 Å². The number of nitrogens with one attached hydrogen (secondary N) is 1. The van der Waals surface area contributed by atoms with Crippen molar-refractivity contribution in [1.82, 2.24) is 5.32 Å². The summed E-state index contributed by atoms with van der Waals surface area (Å²) in [6.07, 6.45) is 2.72. The van der Waals surface area contributed by atoms with E-state index in [0.717, 1.165) is 0 Å². The van der Waals surface area contributed by atoms with Crippen LogP contribution in [0.4, 0.5) is 0 Å². The summed E-state index contributed by atoms with van der Waals surface area (Å²) in [4.78, 5) is 22.9. The minimum absolute atomic E-state index is 0.222. The Morgan fingerprint density at radius 3 is 2.21 bits per heavy atom. The molecule has 5 heteroatoms. The highest BCUT2D eigenvalue weighted by Gasteiger charge is 2.56. The first-order valence-corrected chi connectivity index (χ1v) is 4.72.